The van der Waals surface area contributed by atoms with Gasteiger partial charge in [0.25, 0.3) is 0 Å². The van der Waals surface area contributed by atoms with Crippen LogP contribution in [-0.4, -0.2) is 53.8 Å². The van der Waals surface area contributed by atoms with E-state index in [0.29, 0.717) is 36.1 Å². The van der Waals surface area contributed by atoms with Gasteiger partial charge in [0.15, 0.2) is 0 Å². The molecule has 5 aromatic rings. The van der Waals surface area contributed by atoms with Crippen LogP contribution in [0.5, 0.6) is 0 Å². The zero-order valence-electron chi connectivity index (χ0n) is 22.5. The molecule has 5 heterocycles. The van der Waals surface area contributed by atoms with Gasteiger partial charge in [-0.25, -0.2) is 14.6 Å². The van der Waals surface area contributed by atoms with Crippen molar-refractivity contribution >= 4 is 28.2 Å². The van der Waals surface area contributed by atoms with Crippen LogP contribution in [0.1, 0.15) is 33.2 Å². The number of pyridine rings is 3. The molecule has 1 amide bonds. The normalized spacial score (nSPS) is 15.8. The van der Waals surface area contributed by atoms with Crippen LogP contribution < -0.4 is 5.69 Å². The monoisotopic (exact) mass is 522 g/mol. The molecule has 1 aliphatic rings. The van der Waals surface area contributed by atoms with Crippen LogP contribution in [-0.2, 0) is 11.8 Å². The van der Waals surface area contributed by atoms with Gasteiger partial charge in [-0.2, -0.15) is 0 Å². The molecule has 0 spiro atoms. The predicted molar refractivity (Wildman–Crippen MR) is 150 cm³/mol. The van der Waals surface area contributed by atoms with Crippen LogP contribution in [0.2, 0.25) is 0 Å². The van der Waals surface area contributed by atoms with E-state index in [4.69, 9.17) is 9.72 Å². The van der Waals surface area contributed by atoms with Crippen LogP contribution in [0.4, 0.5) is 4.79 Å². The Morgan fingerprint density at radius 1 is 0.949 bits per heavy atom. The molecule has 0 aliphatic carbocycles. The molecular formula is C30H30N6O3. The van der Waals surface area contributed by atoms with Crippen molar-refractivity contribution in [2.75, 3.05) is 13.1 Å². The Kier molecular flexibility index (Phi) is 5.94. The highest BCUT2D eigenvalue weighted by atomic mass is 16.6. The number of ether oxygens (including phenoxy) is 1. The lowest BCUT2D eigenvalue weighted by Crippen LogP contribution is -2.36. The number of aryl methyl sites for hydroxylation is 1. The third-order valence-electron chi connectivity index (χ3n) is 7.07. The Morgan fingerprint density at radius 2 is 1.72 bits per heavy atom. The zero-order chi connectivity index (χ0) is 27.3. The number of aromatic nitrogens is 5. The van der Waals surface area contributed by atoms with E-state index < -0.39 is 5.60 Å². The molecule has 1 atom stereocenters. The summed E-state index contributed by atoms with van der Waals surface area (Å²) in [6.45, 7) is 6.45. The van der Waals surface area contributed by atoms with E-state index in [2.05, 4.69) is 9.97 Å². The summed E-state index contributed by atoms with van der Waals surface area (Å²) < 4.78 is 8.94. The van der Waals surface area contributed by atoms with Gasteiger partial charge in [-0.3, -0.25) is 19.1 Å². The van der Waals surface area contributed by atoms with Crippen molar-refractivity contribution in [2.24, 2.45) is 7.05 Å². The standard InChI is InChI=1S/C30H30N6O3/c1-30(2,3)39-29(38)35-15-14-21(18-35)36-27-25(34(4)28(36)37)17-32-24-13-12-23(33-26(24)27)20-10-11-22(31-16-20)19-8-6-5-7-9-19/h5-13,16-17,21H,14-15,18H2,1-4H3/t21-/m0/s1. The molecule has 9 nitrogen and oxygen atoms in total. The zero-order valence-corrected chi connectivity index (χ0v) is 22.5. The van der Waals surface area contributed by atoms with E-state index in [1.165, 1.54) is 0 Å². The van der Waals surface area contributed by atoms with E-state index in [1.807, 2.05) is 81.6 Å². The number of rotatable bonds is 3. The molecule has 0 radical (unpaired) electrons. The first-order chi connectivity index (χ1) is 18.7. The Hall–Kier alpha value is -4.53. The molecule has 1 saturated heterocycles. The van der Waals surface area contributed by atoms with Gasteiger partial charge in [0.2, 0.25) is 0 Å². The Labute approximate surface area is 225 Å². The van der Waals surface area contributed by atoms with E-state index in [0.717, 1.165) is 28.0 Å². The number of hydrogen-bond donors (Lipinski definition) is 0. The van der Waals surface area contributed by atoms with Gasteiger partial charge in [-0.1, -0.05) is 30.3 Å². The van der Waals surface area contributed by atoms with Crippen LogP contribution >= 0.6 is 0 Å². The first-order valence-electron chi connectivity index (χ1n) is 13.1. The first kappa shape index (κ1) is 24.8. The van der Waals surface area contributed by atoms with Gasteiger partial charge in [0.1, 0.15) is 11.1 Å². The summed E-state index contributed by atoms with van der Waals surface area (Å²) >= 11 is 0. The van der Waals surface area contributed by atoms with E-state index in [-0.39, 0.29) is 17.8 Å². The summed E-state index contributed by atoms with van der Waals surface area (Å²) in [7, 11) is 1.74. The molecule has 198 valence electrons. The van der Waals surface area contributed by atoms with E-state index in [9.17, 15) is 9.59 Å². The molecule has 0 N–H and O–H groups in total. The molecule has 9 heteroatoms. The summed E-state index contributed by atoms with van der Waals surface area (Å²) in [6, 6.07) is 17.7. The predicted octanol–water partition coefficient (Wildman–Crippen LogP) is 5.19. The van der Waals surface area contributed by atoms with Gasteiger partial charge >= 0.3 is 11.8 Å². The largest absolute Gasteiger partial charge is 0.444 e. The molecular weight excluding hydrogens is 492 g/mol. The molecule has 4 aromatic heterocycles. The Balaban J connectivity index is 1.40. The number of carbonyl (C=O) groups is 1. The van der Waals surface area contributed by atoms with Crippen LogP contribution in [0.3, 0.4) is 0 Å². The quantitative estimate of drug-likeness (QED) is 0.324. The number of benzene rings is 1. The fraction of sp³-hybridized carbons (Fsp3) is 0.300. The summed E-state index contributed by atoms with van der Waals surface area (Å²) in [5.41, 5.74) is 5.57. The third kappa shape index (κ3) is 4.54. The van der Waals surface area contributed by atoms with Crippen molar-refractivity contribution in [1.82, 2.24) is 29.0 Å². The average Bonchev–Trinajstić information content (AvgIpc) is 3.51. The van der Waals surface area contributed by atoms with Gasteiger partial charge < -0.3 is 9.64 Å². The molecule has 1 fully saturated rings. The second kappa shape index (κ2) is 9.34. The van der Waals surface area contributed by atoms with Crippen molar-refractivity contribution in [3.8, 4) is 22.5 Å². The highest BCUT2D eigenvalue weighted by molar-refractivity contribution is 6.00. The Bertz CT molecular complexity index is 1750. The lowest BCUT2D eigenvalue weighted by molar-refractivity contribution is 0.0289. The molecule has 0 bridgehead atoms. The number of amides is 1. The Morgan fingerprint density at radius 3 is 2.44 bits per heavy atom. The minimum atomic E-state index is -0.582. The second-order valence-electron chi connectivity index (χ2n) is 10.9. The molecule has 39 heavy (non-hydrogen) atoms. The summed E-state index contributed by atoms with van der Waals surface area (Å²) in [5.74, 6) is 0. The van der Waals surface area contributed by atoms with Crippen molar-refractivity contribution in [3.05, 3.63) is 77.5 Å². The molecule has 0 unspecified atom stereocenters. The molecule has 6 rings (SSSR count). The maximum atomic E-state index is 13.5. The van der Waals surface area contributed by atoms with Gasteiger partial charge in [0, 0.05) is 37.5 Å². The minimum absolute atomic E-state index is 0.156. The SMILES string of the molecule is Cn1c(=O)n([C@H]2CCN(C(=O)OC(C)(C)C)C2)c2c3nc(-c4ccc(-c5ccccc5)nc4)ccc3ncc21. The number of hydrogen-bond acceptors (Lipinski definition) is 6. The topological polar surface area (TPSA) is 95.1 Å². The average molecular weight is 523 g/mol. The molecule has 0 saturated carbocycles. The smallest absolute Gasteiger partial charge is 0.410 e. The molecule has 1 aliphatic heterocycles. The van der Waals surface area contributed by atoms with Crippen LogP contribution in [0.25, 0.3) is 44.6 Å². The maximum absolute atomic E-state index is 13.5. The van der Waals surface area contributed by atoms with Crippen molar-refractivity contribution < 1.29 is 9.53 Å². The fourth-order valence-corrected chi connectivity index (χ4v) is 5.16. The van der Waals surface area contributed by atoms with Gasteiger partial charge in [-0.15, -0.1) is 0 Å². The minimum Gasteiger partial charge on any atom is -0.444 e. The maximum Gasteiger partial charge on any atom is 0.410 e. The van der Waals surface area contributed by atoms with Crippen LogP contribution in [0, 0.1) is 0 Å². The van der Waals surface area contributed by atoms with Gasteiger partial charge in [0.05, 0.1) is 40.2 Å². The highest BCUT2D eigenvalue weighted by Gasteiger charge is 2.33. The summed E-state index contributed by atoms with van der Waals surface area (Å²) in [4.78, 5) is 42.1. The number of fused-ring (bicyclic) bond motifs is 3. The first-order valence-corrected chi connectivity index (χ1v) is 13.1. The number of imidazole rings is 1. The molecule has 1 aromatic carbocycles. The van der Waals surface area contributed by atoms with Crippen molar-refractivity contribution in [3.63, 3.8) is 0 Å². The summed E-state index contributed by atoms with van der Waals surface area (Å²) in [6.07, 6.45) is 3.81. The van der Waals surface area contributed by atoms with E-state index in [1.54, 1.807) is 27.3 Å². The van der Waals surface area contributed by atoms with Crippen LogP contribution in [0.15, 0.2) is 71.8 Å². The number of nitrogens with zero attached hydrogens (tertiary/aromatic N) is 6. The van der Waals surface area contributed by atoms with Crippen molar-refractivity contribution in [1.29, 1.82) is 0 Å². The van der Waals surface area contributed by atoms with Gasteiger partial charge in [-0.05, 0) is 51.5 Å². The second-order valence-corrected chi connectivity index (χ2v) is 10.9. The third-order valence-corrected chi connectivity index (χ3v) is 7.07. The fourth-order valence-electron chi connectivity index (χ4n) is 5.16. The lowest BCUT2D eigenvalue weighted by atomic mass is 10.1. The van der Waals surface area contributed by atoms with Crippen molar-refractivity contribution in [2.45, 2.75) is 38.8 Å². The number of likely N-dealkylation sites (tertiary alicyclic amines) is 1. The van der Waals surface area contributed by atoms with E-state index >= 15 is 0 Å². The summed E-state index contributed by atoms with van der Waals surface area (Å²) in [5, 5.41) is 0. The lowest BCUT2D eigenvalue weighted by Gasteiger charge is -2.24. The number of carbonyl (C=O) groups excluding carboxylic acids is 1. The highest BCUT2D eigenvalue weighted by Crippen LogP contribution is 2.31.